The highest BCUT2D eigenvalue weighted by molar-refractivity contribution is 5.98. The minimum absolute atomic E-state index is 0.0480. The molecule has 1 aromatic carbocycles. The van der Waals surface area contributed by atoms with Gasteiger partial charge in [-0.2, -0.15) is 0 Å². The molecule has 0 radical (unpaired) electrons. The quantitative estimate of drug-likeness (QED) is 0.836. The standard InChI is InChI=1S/C21H24N2O4/c1-15-4-9-19(27-15)16-5-7-17(8-6-16)20(24)23-10-2-3-18(23)21(25)22-11-13-26-14-12-22/h4-9,18H,2-3,10-14H2,1H3/t18-/m0/s1. The molecule has 6 nitrogen and oxygen atoms in total. The van der Waals surface area contributed by atoms with E-state index in [1.165, 1.54) is 0 Å². The highest BCUT2D eigenvalue weighted by Gasteiger charge is 2.37. The van der Waals surface area contributed by atoms with Gasteiger partial charge in [0.1, 0.15) is 17.6 Å². The van der Waals surface area contributed by atoms with Crippen LogP contribution >= 0.6 is 0 Å². The molecular formula is C21H24N2O4. The normalized spacial score (nSPS) is 20.1. The molecule has 0 spiro atoms. The number of hydrogen-bond acceptors (Lipinski definition) is 4. The number of aryl methyl sites for hydroxylation is 1. The van der Waals surface area contributed by atoms with Crippen molar-refractivity contribution in [2.24, 2.45) is 0 Å². The van der Waals surface area contributed by atoms with Gasteiger partial charge >= 0.3 is 0 Å². The first kappa shape index (κ1) is 17.8. The van der Waals surface area contributed by atoms with E-state index in [9.17, 15) is 9.59 Å². The number of carbonyl (C=O) groups is 2. The SMILES string of the molecule is Cc1ccc(-c2ccc(C(=O)N3CCC[C@H]3C(=O)N3CCOCC3)cc2)o1. The summed E-state index contributed by atoms with van der Waals surface area (Å²) in [6.45, 7) is 4.88. The topological polar surface area (TPSA) is 63.0 Å². The minimum Gasteiger partial charge on any atom is -0.461 e. The molecular weight excluding hydrogens is 344 g/mol. The van der Waals surface area contributed by atoms with Gasteiger partial charge in [0.25, 0.3) is 5.91 Å². The van der Waals surface area contributed by atoms with Gasteiger partial charge < -0.3 is 19.0 Å². The monoisotopic (exact) mass is 368 g/mol. The molecule has 0 unspecified atom stereocenters. The van der Waals surface area contributed by atoms with Crippen molar-refractivity contribution in [3.8, 4) is 11.3 Å². The molecule has 2 aliphatic rings. The first-order valence-electron chi connectivity index (χ1n) is 9.48. The Kier molecular flexibility index (Phi) is 4.99. The summed E-state index contributed by atoms with van der Waals surface area (Å²) in [7, 11) is 0. The van der Waals surface area contributed by atoms with E-state index < -0.39 is 0 Å². The Hall–Kier alpha value is -2.60. The summed E-state index contributed by atoms with van der Waals surface area (Å²) in [5, 5.41) is 0. The summed E-state index contributed by atoms with van der Waals surface area (Å²) in [6.07, 6.45) is 1.59. The van der Waals surface area contributed by atoms with E-state index in [2.05, 4.69) is 0 Å². The fourth-order valence-electron chi connectivity index (χ4n) is 3.79. The van der Waals surface area contributed by atoms with Crippen molar-refractivity contribution in [1.29, 1.82) is 0 Å². The smallest absolute Gasteiger partial charge is 0.254 e. The Morgan fingerprint density at radius 1 is 1.00 bits per heavy atom. The fraction of sp³-hybridized carbons (Fsp3) is 0.429. The van der Waals surface area contributed by atoms with E-state index in [1.54, 1.807) is 4.90 Å². The lowest BCUT2D eigenvalue weighted by molar-refractivity contribution is -0.139. The third-order valence-corrected chi connectivity index (χ3v) is 5.28. The molecule has 2 amide bonds. The molecule has 0 N–H and O–H groups in total. The van der Waals surface area contributed by atoms with Crippen LogP contribution < -0.4 is 0 Å². The van der Waals surface area contributed by atoms with Crippen molar-refractivity contribution < 1.29 is 18.7 Å². The predicted molar refractivity (Wildman–Crippen MR) is 100 cm³/mol. The molecule has 4 rings (SSSR count). The van der Waals surface area contributed by atoms with Crippen LogP contribution in [0.3, 0.4) is 0 Å². The Balaban J connectivity index is 1.48. The van der Waals surface area contributed by atoms with E-state index in [0.29, 0.717) is 38.4 Å². The maximum atomic E-state index is 13.0. The number of nitrogens with zero attached hydrogens (tertiary/aromatic N) is 2. The third kappa shape index (κ3) is 3.62. The Morgan fingerprint density at radius 3 is 2.41 bits per heavy atom. The van der Waals surface area contributed by atoms with Gasteiger partial charge in [0.2, 0.25) is 5.91 Å². The van der Waals surface area contributed by atoms with Crippen LogP contribution in [0, 0.1) is 6.92 Å². The molecule has 0 aliphatic carbocycles. The van der Waals surface area contributed by atoms with Crippen molar-refractivity contribution in [2.45, 2.75) is 25.8 Å². The van der Waals surface area contributed by atoms with Gasteiger partial charge in [0, 0.05) is 30.8 Å². The van der Waals surface area contributed by atoms with Crippen LogP contribution in [0.25, 0.3) is 11.3 Å². The Morgan fingerprint density at radius 2 is 1.74 bits per heavy atom. The second-order valence-electron chi connectivity index (χ2n) is 7.08. The number of carbonyl (C=O) groups excluding carboxylic acids is 2. The summed E-state index contributed by atoms with van der Waals surface area (Å²) in [6, 6.07) is 10.9. The summed E-state index contributed by atoms with van der Waals surface area (Å²) >= 11 is 0. The van der Waals surface area contributed by atoms with Crippen LogP contribution in [0.1, 0.15) is 29.0 Å². The maximum Gasteiger partial charge on any atom is 0.254 e. The summed E-state index contributed by atoms with van der Waals surface area (Å²) in [5.41, 5.74) is 1.53. The molecule has 1 aromatic heterocycles. The fourth-order valence-corrected chi connectivity index (χ4v) is 3.79. The molecule has 6 heteroatoms. The van der Waals surface area contributed by atoms with Crippen molar-refractivity contribution in [1.82, 2.24) is 9.80 Å². The second-order valence-corrected chi connectivity index (χ2v) is 7.08. The number of furan rings is 1. The average molecular weight is 368 g/mol. The molecule has 2 saturated heterocycles. The Bertz CT molecular complexity index is 821. The predicted octanol–water partition coefficient (Wildman–Crippen LogP) is 2.72. The van der Waals surface area contributed by atoms with Crippen LogP contribution in [-0.2, 0) is 9.53 Å². The summed E-state index contributed by atoms with van der Waals surface area (Å²) in [4.78, 5) is 29.4. The van der Waals surface area contributed by atoms with Gasteiger partial charge in [-0.3, -0.25) is 9.59 Å². The van der Waals surface area contributed by atoms with Crippen molar-refractivity contribution in [3.05, 3.63) is 47.7 Å². The molecule has 2 fully saturated rings. The van der Waals surface area contributed by atoms with Crippen LogP contribution in [0.4, 0.5) is 0 Å². The van der Waals surface area contributed by atoms with E-state index >= 15 is 0 Å². The van der Waals surface area contributed by atoms with Crippen LogP contribution in [0.15, 0.2) is 40.8 Å². The molecule has 3 heterocycles. The van der Waals surface area contributed by atoms with Crippen molar-refractivity contribution >= 4 is 11.8 Å². The van der Waals surface area contributed by atoms with Crippen molar-refractivity contribution in [3.63, 3.8) is 0 Å². The maximum absolute atomic E-state index is 13.0. The lowest BCUT2D eigenvalue weighted by atomic mass is 10.1. The molecule has 0 bridgehead atoms. The minimum atomic E-state index is -0.358. The number of likely N-dealkylation sites (tertiary alicyclic amines) is 1. The number of morpholine rings is 1. The van der Waals surface area contributed by atoms with Gasteiger partial charge in [0.15, 0.2) is 0 Å². The third-order valence-electron chi connectivity index (χ3n) is 5.28. The van der Waals surface area contributed by atoms with Gasteiger partial charge in [0.05, 0.1) is 13.2 Å². The van der Waals surface area contributed by atoms with Gasteiger partial charge in [-0.25, -0.2) is 0 Å². The van der Waals surface area contributed by atoms with Gasteiger partial charge in [-0.05, 0) is 44.0 Å². The largest absolute Gasteiger partial charge is 0.461 e. The molecule has 27 heavy (non-hydrogen) atoms. The van der Waals surface area contributed by atoms with Crippen LogP contribution in [-0.4, -0.2) is 60.5 Å². The highest BCUT2D eigenvalue weighted by Crippen LogP contribution is 2.25. The molecule has 1 atom stereocenters. The lowest BCUT2D eigenvalue weighted by Gasteiger charge is -2.32. The first-order chi connectivity index (χ1) is 13.1. The molecule has 142 valence electrons. The number of amides is 2. The molecule has 2 aliphatic heterocycles. The zero-order chi connectivity index (χ0) is 18.8. The molecule has 0 saturated carbocycles. The van der Waals surface area contributed by atoms with Crippen molar-refractivity contribution in [2.75, 3.05) is 32.8 Å². The van der Waals surface area contributed by atoms with Gasteiger partial charge in [-0.1, -0.05) is 12.1 Å². The van der Waals surface area contributed by atoms with E-state index in [1.807, 2.05) is 48.2 Å². The number of hydrogen-bond donors (Lipinski definition) is 0. The zero-order valence-corrected chi connectivity index (χ0v) is 15.5. The van der Waals surface area contributed by atoms with Gasteiger partial charge in [-0.15, -0.1) is 0 Å². The van der Waals surface area contributed by atoms with Crippen LogP contribution in [0.5, 0.6) is 0 Å². The molecule has 2 aromatic rings. The second kappa shape index (κ2) is 7.56. The zero-order valence-electron chi connectivity index (χ0n) is 15.5. The lowest BCUT2D eigenvalue weighted by Crippen LogP contribution is -2.51. The summed E-state index contributed by atoms with van der Waals surface area (Å²) in [5.74, 6) is 1.60. The first-order valence-corrected chi connectivity index (χ1v) is 9.48. The highest BCUT2D eigenvalue weighted by atomic mass is 16.5. The van der Waals surface area contributed by atoms with E-state index in [-0.39, 0.29) is 17.9 Å². The number of ether oxygens (including phenoxy) is 1. The summed E-state index contributed by atoms with van der Waals surface area (Å²) < 4.78 is 11.0. The van der Waals surface area contributed by atoms with E-state index in [4.69, 9.17) is 9.15 Å². The van der Waals surface area contributed by atoms with Crippen LogP contribution in [0.2, 0.25) is 0 Å². The number of rotatable bonds is 3. The average Bonchev–Trinajstić information content (AvgIpc) is 3.37. The Labute approximate surface area is 158 Å². The van der Waals surface area contributed by atoms with E-state index in [0.717, 1.165) is 29.9 Å². The number of benzene rings is 1.